The van der Waals surface area contributed by atoms with Gasteiger partial charge in [0.2, 0.25) is 0 Å². The van der Waals surface area contributed by atoms with E-state index in [2.05, 4.69) is 58.9 Å². The van der Waals surface area contributed by atoms with Crippen molar-refractivity contribution in [3.63, 3.8) is 0 Å². The fourth-order valence-electron chi connectivity index (χ4n) is 1.64. The molecule has 92 valence electrons. The molecule has 1 aromatic rings. The number of hydrogen-bond acceptors (Lipinski definition) is 0. The summed E-state index contributed by atoms with van der Waals surface area (Å²) in [7, 11) is 0. The minimum absolute atomic E-state index is 0.271. The quantitative estimate of drug-likeness (QED) is 0.642. The van der Waals surface area contributed by atoms with E-state index in [1.54, 1.807) is 0 Å². The normalized spacial score (nSPS) is 11.0. The van der Waals surface area contributed by atoms with Crippen LogP contribution in [-0.4, -0.2) is 0 Å². The van der Waals surface area contributed by atoms with Crippen LogP contribution in [0.3, 0.4) is 0 Å². The van der Waals surface area contributed by atoms with Gasteiger partial charge in [-0.3, -0.25) is 0 Å². The van der Waals surface area contributed by atoms with Crippen LogP contribution < -0.4 is 0 Å². The number of benzene rings is 1. The van der Waals surface area contributed by atoms with Gasteiger partial charge in [-0.05, 0) is 28.9 Å². The summed E-state index contributed by atoms with van der Waals surface area (Å²) in [6, 6.07) is 8.98. The fourth-order valence-corrected chi connectivity index (χ4v) is 1.64. The van der Waals surface area contributed by atoms with Crippen molar-refractivity contribution < 1.29 is 0 Å². The van der Waals surface area contributed by atoms with E-state index in [1.165, 1.54) is 17.5 Å². The second-order valence-corrected chi connectivity index (χ2v) is 5.55. The predicted octanol–water partition coefficient (Wildman–Crippen LogP) is 5.21. The standard InChI is InChI=1S/C14H22.C2H6/c1-11(2)9-12-7-6-8-13(10-12)14(3,4)5;1-2/h6-8,10-11H,9H2,1-5H3;1-2H3. The van der Waals surface area contributed by atoms with Gasteiger partial charge in [0.1, 0.15) is 0 Å². The molecule has 0 N–H and O–H groups in total. The van der Waals surface area contributed by atoms with E-state index < -0.39 is 0 Å². The second kappa shape index (κ2) is 6.73. The van der Waals surface area contributed by atoms with Crippen molar-refractivity contribution in [2.75, 3.05) is 0 Å². The van der Waals surface area contributed by atoms with E-state index in [-0.39, 0.29) is 5.41 Å². The highest BCUT2D eigenvalue weighted by Gasteiger charge is 2.13. The summed E-state index contributed by atoms with van der Waals surface area (Å²) >= 11 is 0. The molecule has 0 fully saturated rings. The Hall–Kier alpha value is -0.780. The zero-order valence-electron chi connectivity index (χ0n) is 12.1. The molecule has 0 heterocycles. The van der Waals surface area contributed by atoms with Crippen molar-refractivity contribution in [2.45, 2.75) is 60.3 Å². The molecular formula is C16H28. The summed E-state index contributed by atoms with van der Waals surface area (Å²) < 4.78 is 0. The van der Waals surface area contributed by atoms with Crippen LogP contribution in [0.5, 0.6) is 0 Å². The molecule has 0 saturated heterocycles. The monoisotopic (exact) mass is 220 g/mol. The van der Waals surface area contributed by atoms with Crippen molar-refractivity contribution in [3.8, 4) is 0 Å². The molecule has 0 aliphatic carbocycles. The van der Waals surface area contributed by atoms with Gasteiger partial charge in [-0.25, -0.2) is 0 Å². The van der Waals surface area contributed by atoms with Gasteiger partial charge in [0, 0.05) is 0 Å². The lowest BCUT2D eigenvalue weighted by molar-refractivity contribution is 0.586. The lowest BCUT2D eigenvalue weighted by atomic mass is 9.85. The lowest BCUT2D eigenvalue weighted by Crippen LogP contribution is -2.11. The van der Waals surface area contributed by atoms with Gasteiger partial charge in [-0.2, -0.15) is 0 Å². The van der Waals surface area contributed by atoms with Gasteiger partial charge < -0.3 is 0 Å². The minimum Gasteiger partial charge on any atom is -0.0683 e. The molecule has 1 aromatic carbocycles. The van der Waals surface area contributed by atoms with E-state index in [1.807, 2.05) is 13.8 Å². The minimum atomic E-state index is 0.271. The first kappa shape index (κ1) is 15.2. The molecule has 0 radical (unpaired) electrons. The fraction of sp³-hybridized carbons (Fsp3) is 0.625. The van der Waals surface area contributed by atoms with Gasteiger partial charge in [0.25, 0.3) is 0 Å². The molecule has 0 aromatic heterocycles. The molecule has 0 amide bonds. The van der Waals surface area contributed by atoms with Crippen molar-refractivity contribution in [1.29, 1.82) is 0 Å². The maximum absolute atomic E-state index is 2.35. The molecular weight excluding hydrogens is 192 g/mol. The highest BCUT2D eigenvalue weighted by Crippen LogP contribution is 2.23. The molecule has 0 unspecified atom stereocenters. The van der Waals surface area contributed by atoms with Crippen LogP contribution >= 0.6 is 0 Å². The molecule has 16 heavy (non-hydrogen) atoms. The first-order valence-electron chi connectivity index (χ1n) is 6.49. The van der Waals surface area contributed by atoms with Crippen LogP contribution in [0, 0.1) is 5.92 Å². The maximum Gasteiger partial charge on any atom is -0.0132 e. The van der Waals surface area contributed by atoms with Gasteiger partial charge in [-0.1, -0.05) is 72.7 Å². The van der Waals surface area contributed by atoms with E-state index in [9.17, 15) is 0 Å². The molecule has 0 heteroatoms. The Kier molecular flexibility index (Phi) is 6.40. The summed E-state index contributed by atoms with van der Waals surface area (Å²) in [6.45, 7) is 15.3. The lowest BCUT2D eigenvalue weighted by Gasteiger charge is -2.20. The molecule has 0 bridgehead atoms. The molecule has 1 rings (SSSR count). The molecule has 0 atom stereocenters. The van der Waals surface area contributed by atoms with E-state index in [0.717, 1.165) is 5.92 Å². The smallest absolute Gasteiger partial charge is 0.0132 e. The second-order valence-electron chi connectivity index (χ2n) is 5.55. The predicted molar refractivity (Wildman–Crippen MR) is 75.0 cm³/mol. The summed E-state index contributed by atoms with van der Waals surface area (Å²) in [5, 5.41) is 0. The maximum atomic E-state index is 2.35. The zero-order chi connectivity index (χ0) is 12.8. The third-order valence-corrected chi connectivity index (χ3v) is 2.44. The average molecular weight is 220 g/mol. The van der Waals surface area contributed by atoms with Gasteiger partial charge >= 0.3 is 0 Å². The largest absolute Gasteiger partial charge is 0.0683 e. The molecule has 0 spiro atoms. The first-order valence-corrected chi connectivity index (χ1v) is 6.49. The van der Waals surface area contributed by atoms with Crippen LogP contribution in [0.1, 0.15) is 59.6 Å². The summed E-state index contributed by atoms with van der Waals surface area (Å²) in [5.41, 5.74) is 3.18. The van der Waals surface area contributed by atoms with Crippen LogP contribution in [-0.2, 0) is 11.8 Å². The van der Waals surface area contributed by atoms with Crippen LogP contribution in [0.25, 0.3) is 0 Å². The summed E-state index contributed by atoms with van der Waals surface area (Å²) in [4.78, 5) is 0. The zero-order valence-corrected chi connectivity index (χ0v) is 12.1. The van der Waals surface area contributed by atoms with Crippen molar-refractivity contribution in [1.82, 2.24) is 0 Å². The third-order valence-electron chi connectivity index (χ3n) is 2.44. The third kappa shape index (κ3) is 5.34. The Morgan fingerprint density at radius 1 is 1.06 bits per heavy atom. The van der Waals surface area contributed by atoms with E-state index >= 15 is 0 Å². The SMILES string of the molecule is CC.CC(C)Cc1cccc(C(C)(C)C)c1. The summed E-state index contributed by atoms with van der Waals surface area (Å²) in [5.74, 6) is 0.741. The summed E-state index contributed by atoms with van der Waals surface area (Å²) in [6.07, 6.45) is 1.18. The number of rotatable bonds is 2. The van der Waals surface area contributed by atoms with Crippen LogP contribution in [0.15, 0.2) is 24.3 Å². The van der Waals surface area contributed by atoms with Gasteiger partial charge in [0.05, 0.1) is 0 Å². The van der Waals surface area contributed by atoms with Crippen molar-refractivity contribution in [2.24, 2.45) is 5.92 Å². The highest BCUT2D eigenvalue weighted by atomic mass is 14.2. The topological polar surface area (TPSA) is 0 Å². The Morgan fingerprint density at radius 2 is 1.62 bits per heavy atom. The molecule has 0 nitrogen and oxygen atoms in total. The molecule has 0 saturated carbocycles. The first-order chi connectivity index (χ1) is 7.39. The van der Waals surface area contributed by atoms with Crippen molar-refractivity contribution >= 4 is 0 Å². The Labute approximate surface area is 102 Å². The number of hydrogen-bond donors (Lipinski definition) is 0. The van der Waals surface area contributed by atoms with E-state index in [4.69, 9.17) is 0 Å². The van der Waals surface area contributed by atoms with Gasteiger partial charge in [-0.15, -0.1) is 0 Å². The Bertz CT molecular complexity index is 289. The molecule has 0 aliphatic rings. The van der Waals surface area contributed by atoms with E-state index in [0.29, 0.717) is 0 Å². The average Bonchev–Trinajstić information content (AvgIpc) is 2.19. The van der Waals surface area contributed by atoms with Crippen LogP contribution in [0.4, 0.5) is 0 Å². The van der Waals surface area contributed by atoms with Gasteiger partial charge in [0.15, 0.2) is 0 Å². The van der Waals surface area contributed by atoms with Crippen LogP contribution in [0.2, 0.25) is 0 Å². The Morgan fingerprint density at radius 3 is 2.06 bits per heavy atom. The highest BCUT2D eigenvalue weighted by molar-refractivity contribution is 5.28. The molecule has 0 aliphatic heterocycles. The van der Waals surface area contributed by atoms with Crippen molar-refractivity contribution in [3.05, 3.63) is 35.4 Å². The Balaban J connectivity index is 0.00000106.